The lowest BCUT2D eigenvalue weighted by Crippen LogP contribution is -2.21. The fourth-order valence-electron chi connectivity index (χ4n) is 1.88. The van der Waals surface area contributed by atoms with Gasteiger partial charge in [-0.1, -0.05) is 0 Å². The van der Waals surface area contributed by atoms with Gasteiger partial charge in [-0.25, -0.2) is 8.78 Å². The molecular formula is C11H10F2N2. The molecule has 0 amide bonds. The van der Waals surface area contributed by atoms with E-state index in [0.717, 1.165) is 5.69 Å². The van der Waals surface area contributed by atoms with Crippen LogP contribution in [0.15, 0.2) is 18.2 Å². The molecule has 0 bridgehead atoms. The number of fused-ring (bicyclic) bond motifs is 1. The fraction of sp³-hybridized carbons (Fsp3) is 0.364. The first kappa shape index (κ1) is 9.91. The highest BCUT2D eigenvalue weighted by molar-refractivity contribution is 5.58. The van der Waals surface area contributed by atoms with Crippen LogP contribution in [0.4, 0.5) is 14.5 Å². The molecule has 4 heteroatoms. The molecule has 0 radical (unpaired) electrons. The summed E-state index contributed by atoms with van der Waals surface area (Å²) in [6.45, 7) is 0.563. The normalized spacial score (nSPS) is 19.2. The maximum Gasteiger partial charge on any atom is 0.245 e. The lowest BCUT2D eigenvalue weighted by molar-refractivity contribution is 0.110. The molecule has 1 heterocycles. The summed E-state index contributed by atoms with van der Waals surface area (Å²) in [6.07, 6.45) is -1.95. The Hall–Kier alpha value is -1.63. The van der Waals surface area contributed by atoms with Gasteiger partial charge in [-0.3, -0.25) is 0 Å². The summed E-state index contributed by atoms with van der Waals surface area (Å²) in [6, 6.07) is 6.85. The minimum atomic E-state index is -2.36. The van der Waals surface area contributed by atoms with Crippen LogP contribution < -0.4 is 5.32 Å². The molecule has 0 saturated heterocycles. The van der Waals surface area contributed by atoms with E-state index in [0.29, 0.717) is 24.1 Å². The first-order valence-electron chi connectivity index (χ1n) is 4.78. The maximum absolute atomic E-state index is 12.7. The van der Waals surface area contributed by atoms with E-state index in [4.69, 9.17) is 5.26 Å². The molecule has 0 aromatic heterocycles. The Kier molecular flexibility index (Phi) is 2.55. The van der Waals surface area contributed by atoms with Gasteiger partial charge >= 0.3 is 0 Å². The number of nitrogens with zero attached hydrogens (tertiary/aromatic N) is 1. The molecule has 15 heavy (non-hydrogen) atoms. The zero-order valence-electron chi connectivity index (χ0n) is 8.00. The monoisotopic (exact) mass is 208 g/mol. The van der Waals surface area contributed by atoms with E-state index < -0.39 is 12.3 Å². The van der Waals surface area contributed by atoms with Crippen molar-refractivity contribution in [2.24, 2.45) is 0 Å². The quantitative estimate of drug-likeness (QED) is 0.770. The largest absolute Gasteiger partial charge is 0.385 e. The van der Waals surface area contributed by atoms with Crippen molar-refractivity contribution >= 4 is 5.69 Å². The summed E-state index contributed by atoms with van der Waals surface area (Å²) < 4.78 is 25.4. The Labute approximate surface area is 86.5 Å². The van der Waals surface area contributed by atoms with Gasteiger partial charge < -0.3 is 5.32 Å². The lowest BCUT2D eigenvalue weighted by Gasteiger charge is -2.26. The van der Waals surface area contributed by atoms with Crippen LogP contribution in [0.2, 0.25) is 0 Å². The molecule has 2 rings (SSSR count). The van der Waals surface area contributed by atoms with Crippen molar-refractivity contribution in [3.05, 3.63) is 29.3 Å². The topological polar surface area (TPSA) is 35.8 Å². The predicted molar refractivity (Wildman–Crippen MR) is 53.0 cm³/mol. The molecule has 1 aromatic rings. The molecule has 0 saturated carbocycles. The third-order valence-corrected chi connectivity index (χ3v) is 2.66. The molecule has 1 aliphatic rings. The van der Waals surface area contributed by atoms with Crippen LogP contribution in [0.1, 0.15) is 23.5 Å². The summed E-state index contributed by atoms with van der Waals surface area (Å²) in [5.74, 6) is -0.741. The molecule has 78 valence electrons. The first-order chi connectivity index (χ1) is 7.22. The summed E-state index contributed by atoms with van der Waals surface area (Å²) >= 11 is 0. The van der Waals surface area contributed by atoms with E-state index in [-0.39, 0.29) is 0 Å². The van der Waals surface area contributed by atoms with Gasteiger partial charge in [0.05, 0.1) is 11.6 Å². The number of halogens is 2. The third-order valence-electron chi connectivity index (χ3n) is 2.66. The molecule has 1 aliphatic heterocycles. The summed E-state index contributed by atoms with van der Waals surface area (Å²) in [4.78, 5) is 0. The van der Waals surface area contributed by atoms with E-state index in [1.165, 1.54) is 0 Å². The van der Waals surface area contributed by atoms with Crippen molar-refractivity contribution in [1.29, 1.82) is 5.26 Å². The second-order valence-electron chi connectivity index (χ2n) is 3.57. The highest BCUT2D eigenvalue weighted by atomic mass is 19.3. The first-order valence-corrected chi connectivity index (χ1v) is 4.78. The highest BCUT2D eigenvalue weighted by Crippen LogP contribution is 2.36. The third kappa shape index (κ3) is 1.78. The van der Waals surface area contributed by atoms with E-state index in [1.807, 2.05) is 6.07 Å². The van der Waals surface area contributed by atoms with Crippen LogP contribution in [0.5, 0.6) is 0 Å². The lowest BCUT2D eigenvalue weighted by atomic mass is 9.90. The number of rotatable bonds is 1. The fourth-order valence-corrected chi connectivity index (χ4v) is 1.88. The predicted octanol–water partition coefficient (Wildman–Crippen LogP) is 2.72. The summed E-state index contributed by atoms with van der Waals surface area (Å²) in [5.41, 5.74) is 1.73. The Bertz CT molecular complexity index is 410. The van der Waals surface area contributed by atoms with Gasteiger partial charge in [0.1, 0.15) is 0 Å². The zero-order valence-corrected chi connectivity index (χ0v) is 8.00. The van der Waals surface area contributed by atoms with Crippen molar-refractivity contribution in [3.8, 4) is 6.07 Å². The van der Waals surface area contributed by atoms with Crippen molar-refractivity contribution in [2.75, 3.05) is 11.9 Å². The van der Waals surface area contributed by atoms with Gasteiger partial charge in [-0.2, -0.15) is 5.26 Å². The van der Waals surface area contributed by atoms with Gasteiger partial charge in [0.25, 0.3) is 0 Å². The number of nitrogens with one attached hydrogen (secondary N) is 1. The molecule has 2 nitrogen and oxygen atoms in total. The Morgan fingerprint density at radius 1 is 1.47 bits per heavy atom. The van der Waals surface area contributed by atoms with Crippen molar-refractivity contribution in [3.63, 3.8) is 0 Å². The van der Waals surface area contributed by atoms with Crippen LogP contribution in [0, 0.1) is 11.3 Å². The smallest absolute Gasteiger partial charge is 0.245 e. The Morgan fingerprint density at radius 3 is 2.93 bits per heavy atom. The summed E-state index contributed by atoms with van der Waals surface area (Å²) in [7, 11) is 0. The van der Waals surface area contributed by atoms with Gasteiger partial charge in [-0.15, -0.1) is 0 Å². The van der Waals surface area contributed by atoms with Crippen LogP contribution in [0.25, 0.3) is 0 Å². The van der Waals surface area contributed by atoms with Gasteiger partial charge in [-0.05, 0) is 30.2 Å². The summed E-state index contributed by atoms with van der Waals surface area (Å²) in [5, 5.41) is 11.8. The molecule has 0 fully saturated rings. The van der Waals surface area contributed by atoms with E-state index >= 15 is 0 Å². The molecule has 0 aliphatic carbocycles. The number of hydrogen-bond donors (Lipinski definition) is 1. The molecule has 1 aromatic carbocycles. The Balaban J connectivity index is 2.45. The molecular weight excluding hydrogens is 198 g/mol. The average molecular weight is 208 g/mol. The number of benzene rings is 1. The maximum atomic E-state index is 12.7. The standard InChI is InChI=1S/C11H10F2N2/c12-11(13)8-3-4-15-10-2-1-7(6-14)5-9(8)10/h1-2,5,8,11,15H,3-4H2/t8-/m1/s1. The average Bonchev–Trinajstić information content (AvgIpc) is 2.27. The zero-order chi connectivity index (χ0) is 10.8. The van der Waals surface area contributed by atoms with Gasteiger partial charge in [0.15, 0.2) is 0 Å². The molecule has 0 unspecified atom stereocenters. The van der Waals surface area contributed by atoms with Gasteiger partial charge in [0.2, 0.25) is 6.43 Å². The number of hydrogen-bond acceptors (Lipinski definition) is 2. The van der Waals surface area contributed by atoms with Crippen LogP contribution in [-0.4, -0.2) is 13.0 Å². The molecule has 1 N–H and O–H groups in total. The van der Waals surface area contributed by atoms with Crippen molar-refractivity contribution in [2.45, 2.75) is 18.8 Å². The van der Waals surface area contributed by atoms with E-state index in [9.17, 15) is 8.78 Å². The second kappa shape index (κ2) is 3.85. The van der Waals surface area contributed by atoms with Gasteiger partial charge in [0, 0.05) is 18.2 Å². The number of alkyl halides is 2. The van der Waals surface area contributed by atoms with Crippen LogP contribution in [-0.2, 0) is 0 Å². The highest BCUT2D eigenvalue weighted by Gasteiger charge is 2.27. The van der Waals surface area contributed by atoms with E-state index in [2.05, 4.69) is 5.32 Å². The molecule has 0 spiro atoms. The minimum Gasteiger partial charge on any atom is -0.385 e. The SMILES string of the molecule is N#Cc1ccc2c(c1)[C@H](C(F)F)CCN2. The minimum absolute atomic E-state index is 0.416. The van der Waals surface area contributed by atoms with E-state index in [1.54, 1.807) is 18.2 Å². The number of nitriles is 1. The Morgan fingerprint density at radius 2 is 2.27 bits per heavy atom. The van der Waals surface area contributed by atoms with Crippen molar-refractivity contribution in [1.82, 2.24) is 0 Å². The second-order valence-corrected chi connectivity index (χ2v) is 3.57. The van der Waals surface area contributed by atoms with Crippen LogP contribution in [0.3, 0.4) is 0 Å². The molecule has 1 atom stereocenters. The number of anilines is 1. The van der Waals surface area contributed by atoms with Crippen LogP contribution >= 0.6 is 0 Å². The van der Waals surface area contributed by atoms with Crippen molar-refractivity contribution < 1.29 is 8.78 Å².